The monoisotopic (exact) mass is 754 g/mol. The third-order valence-corrected chi connectivity index (χ3v) is 15.5. The number of aromatic hydroxyl groups is 2. The minimum atomic E-state index is -2.09. The van der Waals surface area contributed by atoms with Gasteiger partial charge in [-0.3, -0.25) is 4.90 Å². The summed E-state index contributed by atoms with van der Waals surface area (Å²) in [5, 5.41) is 34.6. The van der Waals surface area contributed by atoms with Crippen LogP contribution in [0.4, 0.5) is 0 Å². The van der Waals surface area contributed by atoms with Gasteiger partial charge in [0.2, 0.25) is 0 Å². The van der Waals surface area contributed by atoms with Crippen LogP contribution < -0.4 is 10.1 Å². The smallest absolute Gasteiger partial charge is 0.192 e. The van der Waals surface area contributed by atoms with Gasteiger partial charge in [-0.15, -0.1) is 0 Å². The number of phenols is 2. The van der Waals surface area contributed by atoms with Crippen LogP contribution in [0.5, 0.6) is 17.2 Å². The zero-order valence-electron chi connectivity index (χ0n) is 34.2. The van der Waals surface area contributed by atoms with Crippen LogP contribution in [0.2, 0.25) is 18.1 Å². The van der Waals surface area contributed by atoms with Gasteiger partial charge in [0.25, 0.3) is 0 Å². The highest BCUT2D eigenvalue weighted by Crippen LogP contribution is 2.40. The fourth-order valence-electron chi connectivity index (χ4n) is 6.81. The number of nitrogens with one attached hydrogen (secondary N) is 1. The van der Waals surface area contributed by atoms with Crippen molar-refractivity contribution in [1.82, 2.24) is 10.2 Å². The summed E-state index contributed by atoms with van der Waals surface area (Å²) in [6.07, 6.45) is 2.32. The van der Waals surface area contributed by atoms with E-state index >= 15 is 0 Å². The molecule has 4 rings (SSSR count). The van der Waals surface area contributed by atoms with Crippen LogP contribution in [-0.4, -0.2) is 66.9 Å². The molecule has 2 unspecified atom stereocenters. The molecule has 0 spiro atoms. The van der Waals surface area contributed by atoms with Crippen LogP contribution >= 0.6 is 0 Å². The molecule has 294 valence electrons. The van der Waals surface area contributed by atoms with E-state index in [4.69, 9.17) is 9.16 Å². The van der Waals surface area contributed by atoms with Crippen LogP contribution in [0.25, 0.3) is 0 Å². The quantitative estimate of drug-likeness (QED) is 0.0528. The predicted octanol–water partition coefficient (Wildman–Crippen LogP) is 9.75. The lowest BCUT2D eigenvalue weighted by Gasteiger charge is -2.39. The van der Waals surface area contributed by atoms with Gasteiger partial charge in [-0.2, -0.15) is 0 Å². The number of benzene rings is 4. The molecule has 4 aromatic rings. The van der Waals surface area contributed by atoms with Crippen molar-refractivity contribution in [3.63, 3.8) is 0 Å². The average molecular weight is 755 g/mol. The lowest BCUT2D eigenvalue weighted by Crippen LogP contribution is -2.43. The van der Waals surface area contributed by atoms with E-state index in [1.807, 2.05) is 42.5 Å². The van der Waals surface area contributed by atoms with Gasteiger partial charge < -0.3 is 29.8 Å². The molecule has 0 aliphatic heterocycles. The fraction of sp³-hybridized carbons (Fsp3) is 0.478. The Labute approximate surface area is 326 Å². The number of phenolic OH excluding ortho intramolecular Hbond substituents is 1. The van der Waals surface area contributed by atoms with Gasteiger partial charge in [-0.1, -0.05) is 81.4 Å². The maximum atomic E-state index is 11.1. The first kappa shape index (κ1) is 43.1. The lowest BCUT2D eigenvalue weighted by molar-refractivity contribution is 0.170. The topological polar surface area (TPSA) is 94.4 Å². The third-order valence-electron chi connectivity index (χ3n) is 11.1. The van der Waals surface area contributed by atoms with Crippen molar-refractivity contribution in [2.45, 2.75) is 117 Å². The largest absolute Gasteiger partial charge is 0.508 e. The molecular formula is C46H66N2O5Si. The van der Waals surface area contributed by atoms with Crippen molar-refractivity contribution >= 4 is 8.32 Å². The Morgan fingerprint density at radius 3 is 2.04 bits per heavy atom. The van der Waals surface area contributed by atoms with Crippen molar-refractivity contribution in [1.29, 1.82) is 0 Å². The van der Waals surface area contributed by atoms with E-state index in [9.17, 15) is 15.3 Å². The number of ether oxygens (including phenoxy) is 1. The molecule has 0 heterocycles. The standard InChI is InChI=1S/C46H66N2O5Si/c1-33(2)48(34(3)4)27-24-41(37-13-11-10-12-14-37)42-29-36(17-21-44(42)51)25-28-52-40-19-15-35(16-20-40)23-26-47-31-45(53-54(8,9)46(5,6)7)38-18-22-43(50)39(30-38)32-49/h10-22,29-30,33-34,41,45,47,49-51H,23-28,31-32H2,1-9H3. The first-order chi connectivity index (χ1) is 25.6. The van der Waals surface area contributed by atoms with Crippen LogP contribution in [0.3, 0.4) is 0 Å². The number of aliphatic hydroxyl groups excluding tert-OH is 1. The second-order valence-electron chi connectivity index (χ2n) is 16.7. The molecule has 7 nitrogen and oxygen atoms in total. The molecule has 0 bridgehead atoms. The number of hydrogen-bond donors (Lipinski definition) is 4. The Hall–Kier alpha value is -3.66. The Bertz CT molecular complexity index is 1710. The molecule has 0 saturated heterocycles. The van der Waals surface area contributed by atoms with Gasteiger partial charge >= 0.3 is 0 Å². The van der Waals surface area contributed by atoms with E-state index in [0.717, 1.165) is 54.8 Å². The minimum absolute atomic E-state index is 0.0489. The summed E-state index contributed by atoms with van der Waals surface area (Å²) in [5.41, 5.74) is 6.01. The fourth-order valence-corrected chi connectivity index (χ4v) is 8.10. The summed E-state index contributed by atoms with van der Waals surface area (Å²) >= 11 is 0. The summed E-state index contributed by atoms with van der Waals surface area (Å²) in [4.78, 5) is 2.52. The maximum absolute atomic E-state index is 11.1. The Balaban J connectivity index is 1.33. The van der Waals surface area contributed by atoms with E-state index in [1.165, 1.54) is 11.1 Å². The van der Waals surface area contributed by atoms with Crippen molar-refractivity contribution < 1.29 is 24.5 Å². The van der Waals surface area contributed by atoms with Crippen LogP contribution in [0.1, 0.15) is 100 Å². The maximum Gasteiger partial charge on any atom is 0.192 e. The summed E-state index contributed by atoms with van der Waals surface area (Å²) in [7, 11) is -2.09. The van der Waals surface area contributed by atoms with E-state index in [0.29, 0.717) is 36.5 Å². The highest BCUT2D eigenvalue weighted by Gasteiger charge is 2.39. The summed E-state index contributed by atoms with van der Waals surface area (Å²) in [6.45, 7) is 22.9. The average Bonchev–Trinajstić information content (AvgIpc) is 3.12. The zero-order chi connectivity index (χ0) is 39.5. The second-order valence-corrected chi connectivity index (χ2v) is 21.4. The van der Waals surface area contributed by atoms with Crippen LogP contribution in [-0.2, 0) is 23.9 Å². The number of aliphatic hydroxyl groups is 1. The highest BCUT2D eigenvalue weighted by atomic mass is 28.4. The van der Waals surface area contributed by atoms with Gasteiger partial charge in [-0.05, 0) is 124 Å². The summed E-state index contributed by atoms with van der Waals surface area (Å²) < 4.78 is 13.0. The van der Waals surface area contributed by atoms with Crippen molar-refractivity contribution in [2.24, 2.45) is 0 Å². The molecular weight excluding hydrogens is 689 g/mol. The van der Waals surface area contributed by atoms with Gasteiger partial charge in [0, 0.05) is 42.1 Å². The molecule has 54 heavy (non-hydrogen) atoms. The molecule has 8 heteroatoms. The first-order valence-electron chi connectivity index (χ1n) is 19.7. The van der Waals surface area contributed by atoms with Gasteiger partial charge in [0.1, 0.15) is 17.2 Å². The molecule has 0 radical (unpaired) electrons. The number of rotatable bonds is 20. The molecule has 0 aliphatic rings. The summed E-state index contributed by atoms with van der Waals surface area (Å²) in [6, 6.07) is 31.2. The van der Waals surface area contributed by atoms with Crippen molar-refractivity contribution in [3.05, 3.63) is 124 Å². The lowest BCUT2D eigenvalue weighted by atomic mass is 9.86. The van der Waals surface area contributed by atoms with Crippen LogP contribution in [0, 0.1) is 0 Å². The highest BCUT2D eigenvalue weighted by molar-refractivity contribution is 6.74. The number of hydrogen-bond acceptors (Lipinski definition) is 7. The number of nitrogens with zero attached hydrogens (tertiary/aromatic N) is 1. The first-order valence-corrected chi connectivity index (χ1v) is 22.7. The predicted molar refractivity (Wildman–Crippen MR) is 225 cm³/mol. The van der Waals surface area contributed by atoms with Gasteiger partial charge in [0.05, 0.1) is 19.3 Å². The second kappa shape index (κ2) is 19.8. The van der Waals surface area contributed by atoms with Gasteiger partial charge in [0.15, 0.2) is 8.32 Å². The molecule has 2 atom stereocenters. The molecule has 0 saturated carbocycles. The zero-order valence-corrected chi connectivity index (χ0v) is 35.2. The SMILES string of the molecule is CC(C)N(CCC(c1ccccc1)c1cc(CCOc2ccc(CCNCC(O[Si](C)(C)C(C)(C)C)c3ccc(O)c(CO)c3)cc2)ccc1O)C(C)C. The van der Waals surface area contributed by atoms with E-state index in [2.05, 4.69) is 114 Å². The molecule has 4 N–H and O–H groups in total. The van der Waals surface area contributed by atoms with Gasteiger partial charge in [-0.25, -0.2) is 0 Å². The molecule has 4 aromatic carbocycles. The van der Waals surface area contributed by atoms with Crippen LogP contribution in [0.15, 0.2) is 91.0 Å². The Morgan fingerprint density at radius 2 is 1.41 bits per heavy atom. The molecule has 0 aliphatic carbocycles. The van der Waals surface area contributed by atoms with E-state index in [-0.39, 0.29) is 29.4 Å². The molecule has 0 amide bonds. The van der Waals surface area contributed by atoms with E-state index < -0.39 is 8.32 Å². The Morgan fingerprint density at radius 1 is 0.759 bits per heavy atom. The summed E-state index contributed by atoms with van der Waals surface area (Å²) in [5.74, 6) is 1.37. The Kier molecular flexibility index (Phi) is 15.8. The van der Waals surface area contributed by atoms with Crippen molar-refractivity contribution in [2.75, 3.05) is 26.2 Å². The molecule has 0 aromatic heterocycles. The van der Waals surface area contributed by atoms with E-state index in [1.54, 1.807) is 6.07 Å². The third kappa shape index (κ3) is 12.2. The minimum Gasteiger partial charge on any atom is -0.508 e. The normalized spacial score (nSPS) is 13.5. The van der Waals surface area contributed by atoms with Crippen molar-refractivity contribution in [3.8, 4) is 17.2 Å². The molecule has 0 fully saturated rings.